The van der Waals surface area contributed by atoms with Crippen molar-refractivity contribution in [3.63, 3.8) is 0 Å². The third-order valence-electron chi connectivity index (χ3n) is 1.30. The van der Waals surface area contributed by atoms with Crippen molar-refractivity contribution in [2.75, 3.05) is 0 Å². The highest BCUT2D eigenvalue weighted by Crippen LogP contribution is 2.32. The molecule has 1 atom stereocenters. The van der Waals surface area contributed by atoms with Gasteiger partial charge in [0.05, 0.1) is 0 Å². The zero-order valence-corrected chi connectivity index (χ0v) is 9.47. The Morgan fingerprint density at radius 1 is 1.38 bits per heavy atom. The maximum atomic E-state index is 2.65. The Morgan fingerprint density at radius 3 is 1.75 bits per heavy atom. The number of hydrogen-bond acceptors (Lipinski definition) is 0. The van der Waals surface area contributed by atoms with E-state index < -0.39 is 6.29 Å². The first-order valence-corrected chi connectivity index (χ1v) is 8.69. The molecule has 0 amide bonds. The first-order valence-electron chi connectivity index (χ1n) is 3.12. The van der Waals surface area contributed by atoms with Crippen LogP contribution in [0.15, 0.2) is 0 Å². The smallest absolute Gasteiger partial charge is 0.115 e. The Kier molecular flexibility index (Phi) is 3.58. The molecule has 0 aliphatic carbocycles. The standard InChI is InChI=1S/C6H15ISi/c1-5-8(7)6(2,3)4/h8H,5H2,1-4H3. The molecule has 0 nitrogen and oxygen atoms in total. The van der Waals surface area contributed by atoms with Crippen LogP contribution in [0.3, 0.4) is 0 Å². The molecule has 0 heterocycles. The van der Waals surface area contributed by atoms with Gasteiger partial charge < -0.3 is 0 Å². The summed E-state index contributed by atoms with van der Waals surface area (Å²) in [4.78, 5) is 0. The zero-order valence-electron chi connectivity index (χ0n) is 6.16. The highest BCUT2D eigenvalue weighted by atomic mass is 127. The molecule has 0 radical (unpaired) electrons. The van der Waals surface area contributed by atoms with Crippen LogP contribution in [-0.4, -0.2) is 6.29 Å². The fourth-order valence-electron chi connectivity index (χ4n) is 0.612. The summed E-state index contributed by atoms with van der Waals surface area (Å²) in [5, 5.41) is 0.634. The third-order valence-corrected chi connectivity index (χ3v) is 12.1. The van der Waals surface area contributed by atoms with Gasteiger partial charge in [0.15, 0.2) is 0 Å². The number of halogens is 1. The van der Waals surface area contributed by atoms with Gasteiger partial charge in [-0.3, -0.25) is 0 Å². The molecule has 0 aromatic rings. The minimum absolute atomic E-state index is 0.400. The average molecular weight is 242 g/mol. The lowest BCUT2D eigenvalue weighted by molar-refractivity contribution is 0.748. The lowest BCUT2D eigenvalue weighted by atomic mass is 10.3. The molecule has 2 heteroatoms. The van der Waals surface area contributed by atoms with Gasteiger partial charge in [0.2, 0.25) is 0 Å². The molecule has 50 valence electrons. The molecule has 8 heavy (non-hydrogen) atoms. The van der Waals surface area contributed by atoms with Crippen molar-refractivity contribution in [1.29, 1.82) is 0 Å². The molecular formula is C6H15ISi. The van der Waals surface area contributed by atoms with Crippen molar-refractivity contribution in [2.24, 2.45) is 0 Å². The van der Waals surface area contributed by atoms with Gasteiger partial charge in [0, 0.05) is 0 Å². The molecule has 0 aromatic carbocycles. The van der Waals surface area contributed by atoms with Crippen molar-refractivity contribution in [3.05, 3.63) is 0 Å². The molecule has 0 rings (SSSR count). The minimum atomic E-state index is -0.400. The van der Waals surface area contributed by atoms with Crippen molar-refractivity contribution in [3.8, 4) is 0 Å². The molecule has 0 aromatic heterocycles. The van der Waals surface area contributed by atoms with E-state index in [0.29, 0.717) is 5.04 Å². The highest BCUT2D eigenvalue weighted by Gasteiger charge is 2.20. The van der Waals surface area contributed by atoms with E-state index in [-0.39, 0.29) is 0 Å². The molecule has 0 bridgehead atoms. The van der Waals surface area contributed by atoms with E-state index in [2.05, 4.69) is 49.5 Å². The number of hydrogen-bond donors (Lipinski definition) is 0. The van der Waals surface area contributed by atoms with Crippen molar-refractivity contribution in [1.82, 2.24) is 0 Å². The monoisotopic (exact) mass is 242 g/mol. The first-order chi connectivity index (χ1) is 3.48. The molecule has 0 saturated heterocycles. The van der Waals surface area contributed by atoms with Gasteiger partial charge in [0.1, 0.15) is 6.29 Å². The van der Waals surface area contributed by atoms with Crippen LogP contribution in [0.4, 0.5) is 0 Å². The molecule has 0 aliphatic heterocycles. The van der Waals surface area contributed by atoms with Gasteiger partial charge in [-0.25, -0.2) is 0 Å². The second-order valence-electron chi connectivity index (χ2n) is 3.24. The van der Waals surface area contributed by atoms with Gasteiger partial charge in [-0.2, -0.15) is 0 Å². The highest BCUT2D eigenvalue weighted by molar-refractivity contribution is 14.1. The molecular weight excluding hydrogens is 227 g/mol. The molecule has 0 saturated carbocycles. The van der Waals surface area contributed by atoms with Crippen molar-refractivity contribution < 1.29 is 0 Å². The summed E-state index contributed by atoms with van der Waals surface area (Å²) in [5.41, 5.74) is 0. The SMILES string of the molecule is CC[SiH](I)C(C)(C)C. The van der Waals surface area contributed by atoms with E-state index in [0.717, 1.165) is 0 Å². The van der Waals surface area contributed by atoms with E-state index in [1.165, 1.54) is 6.04 Å². The van der Waals surface area contributed by atoms with Gasteiger partial charge in [-0.15, -0.1) is 21.8 Å². The Hall–Kier alpha value is 0.947. The summed E-state index contributed by atoms with van der Waals surface area (Å²) in [6.07, 6.45) is -0.400. The Morgan fingerprint density at radius 2 is 1.75 bits per heavy atom. The summed E-state index contributed by atoms with van der Waals surface area (Å²) in [7, 11) is 0. The zero-order chi connectivity index (χ0) is 6.78. The summed E-state index contributed by atoms with van der Waals surface area (Å²) < 4.78 is 0. The van der Waals surface area contributed by atoms with E-state index in [1.54, 1.807) is 0 Å². The van der Waals surface area contributed by atoms with Crippen LogP contribution in [0.5, 0.6) is 0 Å². The predicted molar refractivity (Wildman–Crippen MR) is 51.4 cm³/mol. The van der Waals surface area contributed by atoms with Crippen molar-refractivity contribution >= 4 is 28.1 Å². The van der Waals surface area contributed by atoms with Crippen LogP contribution in [0.2, 0.25) is 11.1 Å². The van der Waals surface area contributed by atoms with E-state index in [1.807, 2.05) is 0 Å². The quantitative estimate of drug-likeness (QED) is 0.377. The molecule has 0 spiro atoms. The fourth-order valence-corrected chi connectivity index (χ4v) is 1.84. The molecule has 0 fully saturated rings. The van der Waals surface area contributed by atoms with Crippen LogP contribution < -0.4 is 0 Å². The summed E-state index contributed by atoms with van der Waals surface area (Å²) in [6, 6.07) is 1.42. The van der Waals surface area contributed by atoms with Crippen molar-refractivity contribution in [2.45, 2.75) is 38.8 Å². The Labute approximate surface area is 66.9 Å². The van der Waals surface area contributed by atoms with E-state index in [9.17, 15) is 0 Å². The van der Waals surface area contributed by atoms with Gasteiger partial charge >= 0.3 is 0 Å². The van der Waals surface area contributed by atoms with Gasteiger partial charge in [-0.1, -0.05) is 33.7 Å². The van der Waals surface area contributed by atoms with Crippen LogP contribution in [-0.2, 0) is 0 Å². The Balaban J connectivity index is 3.62. The summed E-state index contributed by atoms with van der Waals surface area (Å²) in [6.45, 7) is 9.34. The van der Waals surface area contributed by atoms with Crippen LogP contribution in [0, 0.1) is 0 Å². The summed E-state index contributed by atoms with van der Waals surface area (Å²) >= 11 is 2.65. The second-order valence-corrected chi connectivity index (χ2v) is 11.2. The lowest BCUT2D eigenvalue weighted by Gasteiger charge is -2.22. The van der Waals surface area contributed by atoms with E-state index >= 15 is 0 Å². The fraction of sp³-hybridized carbons (Fsp3) is 1.00. The van der Waals surface area contributed by atoms with Gasteiger partial charge in [-0.05, 0) is 5.04 Å². The van der Waals surface area contributed by atoms with Crippen LogP contribution >= 0.6 is 21.8 Å². The first kappa shape index (κ1) is 8.95. The van der Waals surface area contributed by atoms with Gasteiger partial charge in [0.25, 0.3) is 0 Å². The maximum Gasteiger partial charge on any atom is 0.115 e. The normalized spacial score (nSPS) is 16.1. The average Bonchev–Trinajstić information content (AvgIpc) is 1.62. The lowest BCUT2D eigenvalue weighted by Crippen LogP contribution is -2.16. The largest absolute Gasteiger partial charge is 0.123 e. The molecule has 0 aliphatic rings. The van der Waals surface area contributed by atoms with E-state index in [4.69, 9.17) is 0 Å². The summed E-state index contributed by atoms with van der Waals surface area (Å²) in [5.74, 6) is 0. The Bertz CT molecular complexity index is 65.4. The topological polar surface area (TPSA) is 0 Å². The molecule has 0 N–H and O–H groups in total. The second kappa shape index (κ2) is 3.20. The predicted octanol–water partition coefficient (Wildman–Crippen LogP) is 2.97. The minimum Gasteiger partial charge on any atom is -0.123 e. The maximum absolute atomic E-state index is 2.65. The van der Waals surface area contributed by atoms with Crippen LogP contribution in [0.25, 0.3) is 0 Å². The number of rotatable bonds is 1. The third kappa shape index (κ3) is 3.07. The van der Waals surface area contributed by atoms with Crippen LogP contribution in [0.1, 0.15) is 27.7 Å². The molecule has 1 unspecified atom stereocenters.